The molecule has 0 saturated heterocycles. The van der Waals surface area contributed by atoms with E-state index in [0.717, 1.165) is 5.56 Å². The molecule has 0 aliphatic rings. The van der Waals surface area contributed by atoms with Gasteiger partial charge in [0.1, 0.15) is 4.90 Å². The second-order valence-electron chi connectivity index (χ2n) is 3.99. The summed E-state index contributed by atoms with van der Waals surface area (Å²) in [6, 6.07) is 9.18. The molecule has 5 nitrogen and oxygen atoms in total. The topological polar surface area (TPSA) is 61.2 Å². The van der Waals surface area contributed by atoms with E-state index < -0.39 is 10.1 Å². The van der Waals surface area contributed by atoms with E-state index in [2.05, 4.69) is 11.2 Å². The maximum atomic E-state index is 12.0. The lowest BCUT2D eigenvalue weighted by molar-refractivity contribution is 0.455. The van der Waals surface area contributed by atoms with Gasteiger partial charge in [-0.05, 0) is 26.0 Å². The molecule has 0 atom stereocenters. The number of hydrogen-bond donors (Lipinski definition) is 0. The highest BCUT2D eigenvalue weighted by molar-refractivity contribution is 7.87. The molecule has 0 bridgehead atoms. The Kier molecular flexibility index (Phi) is 3.13. The first kappa shape index (κ1) is 12.6. The van der Waals surface area contributed by atoms with Gasteiger partial charge in [0, 0.05) is 7.05 Å². The van der Waals surface area contributed by atoms with E-state index in [1.807, 2.05) is 6.92 Å². The minimum Gasteiger partial charge on any atom is -0.358 e. The van der Waals surface area contributed by atoms with Crippen molar-refractivity contribution in [3.63, 3.8) is 0 Å². The lowest BCUT2D eigenvalue weighted by Crippen LogP contribution is -2.12. The van der Waals surface area contributed by atoms with Gasteiger partial charge in [-0.15, -0.1) is 0 Å². The van der Waals surface area contributed by atoms with Crippen LogP contribution in [-0.2, 0) is 17.2 Å². The fraction of sp³-hybridized carbons (Fsp3) is 0.250. The largest absolute Gasteiger partial charge is 0.358 e. The van der Waals surface area contributed by atoms with Crippen LogP contribution in [0.5, 0.6) is 5.88 Å². The zero-order valence-corrected chi connectivity index (χ0v) is 11.2. The van der Waals surface area contributed by atoms with Gasteiger partial charge in [-0.1, -0.05) is 17.7 Å². The van der Waals surface area contributed by atoms with Gasteiger partial charge in [-0.3, -0.25) is 0 Å². The molecule has 0 spiro atoms. The molecular weight excluding hydrogens is 252 g/mol. The maximum absolute atomic E-state index is 12.0. The highest BCUT2D eigenvalue weighted by Crippen LogP contribution is 2.18. The van der Waals surface area contributed by atoms with E-state index in [-0.39, 0.29) is 10.8 Å². The zero-order chi connectivity index (χ0) is 13.3. The van der Waals surface area contributed by atoms with Gasteiger partial charge in [-0.2, -0.15) is 13.5 Å². The van der Waals surface area contributed by atoms with Crippen LogP contribution in [-0.4, -0.2) is 18.2 Å². The monoisotopic (exact) mass is 265 g/mol. The molecule has 0 amide bonds. The normalized spacial score (nSPS) is 11.5. The predicted molar refractivity (Wildman–Crippen MR) is 65.8 cm³/mol. The van der Waals surface area contributed by atoms with Crippen LogP contribution < -0.4 is 4.18 Å². The van der Waals surface area contributed by atoms with Crippen molar-refractivity contribution < 1.29 is 12.6 Å². The molecule has 0 unspecified atom stereocenters. The molecule has 0 aliphatic heterocycles. The molecule has 0 fully saturated rings. The van der Waals surface area contributed by atoms with E-state index in [0.29, 0.717) is 5.69 Å². The summed E-state index contributed by atoms with van der Waals surface area (Å²) in [6.45, 7) is 3.60. The summed E-state index contributed by atoms with van der Waals surface area (Å²) in [5.74, 6) is 0.0769. The van der Waals surface area contributed by atoms with Gasteiger partial charge >= 0.3 is 10.1 Å². The van der Waals surface area contributed by atoms with Gasteiger partial charge in [0.2, 0.25) is 5.88 Å². The highest BCUT2D eigenvalue weighted by atomic mass is 32.2. The van der Waals surface area contributed by atoms with Crippen LogP contribution in [0.3, 0.4) is 0 Å². The first-order valence-electron chi connectivity index (χ1n) is 5.32. The Hall–Kier alpha value is -1.82. The van der Waals surface area contributed by atoms with Crippen molar-refractivity contribution in [1.29, 1.82) is 0 Å². The van der Waals surface area contributed by atoms with Crippen LogP contribution >= 0.6 is 0 Å². The zero-order valence-electron chi connectivity index (χ0n) is 10.3. The van der Waals surface area contributed by atoms with Crippen molar-refractivity contribution in [2.75, 3.05) is 0 Å². The number of nitrogens with zero attached hydrogens (tertiary/aromatic N) is 2. The summed E-state index contributed by atoms with van der Waals surface area (Å²) < 4.78 is 30.3. The Morgan fingerprint density at radius 1 is 1.22 bits per heavy atom. The van der Waals surface area contributed by atoms with E-state index in [9.17, 15) is 8.42 Å². The molecule has 0 aliphatic carbocycles. The van der Waals surface area contributed by atoms with E-state index >= 15 is 0 Å². The highest BCUT2D eigenvalue weighted by Gasteiger charge is 2.18. The van der Waals surface area contributed by atoms with Crippen molar-refractivity contribution in [2.24, 2.45) is 7.05 Å². The van der Waals surface area contributed by atoms with Crippen molar-refractivity contribution in [2.45, 2.75) is 18.7 Å². The molecule has 0 N–H and O–H groups in total. The SMILES string of the molecule is Cc1ccc(S(=O)(=O)Oc2[c]c(C)nn2C)cc1. The fourth-order valence-corrected chi connectivity index (χ4v) is 2.39. The third-order valence-corrected chi connectivity index (χ3v) is 3.61. The minimum absolute atomic E-state index is 0.0769. The summed E-state index contributed by atoms with van der Waals surface area (Å²) >= 11 is 0. The molecular formula is C12H13N2O3S. The van der Waals surface area contributed by atoms with Crippen molar-refractivity contribution in [3.05, 3.63) is 41.6 Å². The molecule has 18 heavy (non-hydrogen) atoms. The smallest absolute Gasteiger partial charge is 0.340 e. The molecule has 2 aromatic rings. The summed E-state index contributed by atoms with van der Waals surface area (Å²) in [5.41, 5.74) is 1.56. The third-order valence-electron chi connectivity index (χ3n) is 2.38. The lowest BCUT2D eigenvalue weighted by Gasteiger charge is -2.06. The van der Waals surface area contributed by atoms with Crippen LogP contribution in [0.2, 0.25) is 0 Å². The average molecular weight is 265 g/mol. The van der Waals surface area contributed by atoms with E-state index in [1.165, 1.54) is 16.8 Å². The molecule has 0 saturated carbocycles. The standard InChI is InChI=1S/C12H13N2O3S/c1-9-4-6-11(7-5-9)18(15,16)17-12-8-10(2)13-14(12)3/h4-7H,1-3H3. The second kappa shape index (κ2) is 4.45. The molecule has 1 radical (unpaired) electrons. The number of aromatic nitrogens is 2. The first-order chi connectivity index (χ1) is 8.38. The van der Waals surface area contributed by atoms with E-state index in [1.54, 1.807) is 26.1 Å². The number of hydrogen-bond acceptors (Lipinski definition) is 4. The molecule has 6 heteroatoms. The first-order valence-corrected chi connectivity index (χ1v) is 6.73. The number of aryl methyl sites for hydroxylation is 3. The maximum Gasteiger partial charge on any atom is 0.340 e. The summed E-state index contributed by atoms with van der Waals surface area (Å²) in [6.07, 6.45) is 0. The van der Waals surface area contributed by atoms with Gasteiger partial charge < -0.3 is 4.18 Å². The van der Waals surface area contributed by atoms with Crippen LogP contribution in [0.1, 0.15) is 11.3 Å². The Labute approximate surface area is 106 Å². The van der Waals surface area contributed by atoms with Crippen LogP contribution in [0.4, 0.5) is 0 Å². The van der Waals surface area contributed by atoms with Crippen molar-refractivity contribution >= 4 is 10.1 Å². The summed E-state index contributed by atoms with van der Waals surface area (Å²) in [7, 11) is -2.23. The lowest BCUT2D eigenvalue weighted by atomic mass is 10.2. The van der Waals surface area contributed by atoms with Gasteiger partial charge in [0.15, 0.2) is 0 Å². The second-order valence-corrected chi connectivity index (χ2v) is 5.54. The van der Waals surface area contributed by atoms with Gasteiger partial charge in [0.05, 0.1) is 11.8 Å². The van der Waals surface area contributed by atoms with Crippen LogP contribution in [0.25, 0.3) is 0 Å². The average Bonchev–Trinajstić information content (AvgIpc) is 2.57. The summed E-state index contributed by atoms with van der Waals surface area (Å²) in [5, 5.41) is 3.97. The Bertz CT molecular complexity index is 657. The number of rotatable bonds is 3. The molecule has 1 aromatic carbocycles. The Morgan fingerprint density at radius 2 is 1.83 bits per heavy atom. The third kappa shape index (κ3) is 2.53. The molecule has 1 heterocycles. The van der Waals surface area contributed by atoms with Crippen LogP contribution in [0, 0.1) is 19.9 Å². The summed E-state index contributed by atoms with van der Waals surface area (Å²) in [4.78, 5) is 0.111. The molecule has 95 valence electrons. The Balaban J connectivity index is 2.33. The molecule has 2 rings (SSSR count). The minimum atomic E-state index is -3.83. The van der Waals surface area contributed by atoms with E-state index in [4.69, 9.17) is 4.18 Å². The van der Waals surface area contributed by atoms with Gasteiger partial charge in [0.25, 0.3) is 0 Å². The van der Waals surface area contributed by atoms with Crippen molar-refractivity contribution in [3.8, 4) is 5.88 Å². The predicted octanol–water partition coefficient (Wildman–Crippen LogP) is 1.60. The van der Waals surface area contributed by atoms with Crippen molar-refractivity contribution in [1.82, 2.24) is 9.78 Å². The fourth-order valence-electron chi connectivity index (χ4n) is 1.46. The van der Waals surface area contributed by atoms with Crippen LogP contribution in [0.15, 0.2) is 29.2 Å². The van der Waals surface area contributed by atoms with Gasteiger partial charge in [-0.25, -0.2) is 4.68 Å². The number of benzene rings is 1. The quantitative estimate of drug-likeness (QED) is 0.791. The Morgan fingerprint density at radius 3 is 2.33 bits per heavy atom. The molecule has 1 aromatic heterocycles.